The number of nitrogens with zero attached hydrogens (tertiary/aromatic N) is 1. The normalized spacial score (nSPS) is 14.5. The van der Waals surface area contributed by atoms with Crippen molar-refractivity contribution in [2.75, 3.05) is 26.1 Å². The Bertz CT molecular complexity index is 1120. The average molecular weight is 565 g/mol. The molecule has 10 heteroatoms. The second-order valence-corrected chi connectivity index (χ2v) is 8.49. The highest BCUT2D eigenvalue weighted by molar-refractivity contribution is 14.1. The van der Waals surface area contributed by atoms with Gasteiger partial charge in [-0.05, 0) is 72.3 Å². The Balaban J connectivity index is 1.77. The quantitative estimate of drug-likeness (QED) is 0.288. The zero-order valence-electron chi connectivity index (χ0n) is 18.6. The van der Waals surface area contributed by atoms with Crippen LogP contribution in [-0.4, -0.2) is 49.6 Å². The topological polar surface area (TPSA) is 106 Å². The molecule has 2 aromatic rings. The summed E-state index contributed by atoms with van der Waals surface area (Å²) in [4.78, 5) is 38.5. The van der Waals surface area contributed by atoms with Crippen LogP contribution in [0.25, 0.3) is 6.08 Å². The van der Waals surface area contributed by atoms with Crippen LogP contribution in [0.15, 0.2) is 42.1 Å². The number of amides is 4. The molecule has 1 fully saturated rings. The Morgan fingerprint density at radius 1 is 1.15 bits per heavy atom. The van der Waals surface area contributed by atoms with Gasteiger partial charge >= 0.3 is 6.03 Å². The van der Waals surface area contributed by atoms with Crippen molar-refractivity contribution in [3.63, 3.8) is 0 Å². The van der Waals surface area contributed by atoms with Gasteiger partial charge in [0.05, 0.1) is 29.6 Å². The Kier molecular flexibility index (Phi) is 7.79. The Hall–Kier alpha value is -3.28. The molecule has 0 bridgehead atoms. The maximum Gasteiger partial charge on any atom is 0.329 e. The third-order valence-electron chi connectivity index (χ3n) is 4.56. The van der Waals surface area contributed by atoms with Crippen molar-refractivity contribution in [1.29, 1.82) is 0 Å². The van der Waals surface area contributed by atoms with Crippen molar-refractivity contribution >= 4 is 52.2 Å². The van der Waals surface area contributed by atoms with Crippen LogP contribution < -0.4 is 24.8 Å². The number of hydrogen-bond donors (Lipinski definition) is 2. The molecule has 4 amide bonds. The van der Waals surface area contributed by atoms with Crippen LogP contribution in [0.2, 0.25) is 0 Å². The molecule has 0 spiro atoms. The molecular weight excluding hydrogens is 541 g/mol. The van der Waals surface area contributed by atoms with Gasteiger partial charge in [0.25, 0.3) is 5.91 Å². The number of carbonyl (C=O) groups is 3. The van der Waals surface area contributed by atoms with E-state index in [4.69, 9.17) is 14.2 Å². The molecule has 174 valence electrons. The largest absolute Gasteiger partial charge is 0.495 e. The minimum atomic E-state index is -0.678. The fourth-order valence-electron chi connectivity index (χ4n) is 3.14. The highest BCUT2D eigenvalue weighted by atomic mass is 127. The maximum absolute atomic E-state index is 12.8. The fraction of sp³-hybridized carbons (Fsp3) is 0.261. The molecule has 0 saturated carbocycles. The molecule has 0 unspecified atom stereocenters. The van der Waals surface area contributed by atoms with Crippen molar-refractivity contribution in [2.45, 2.75) is 20.0 Å². The number of urea groups is 1. The van der Waals surface area contributed by atoms with Gasteiger partial charge in [-0.1, -0.05) is 12.1 Å². The van der Waals surface area contributed by atoms with E-state index in [1.165, 1.54) is 20.3 Å². The number of ether oxygens (including phenoxy) is 3. The molecule has 1 aliphatic rings. The summed E-state index contributed by atoms with van der Waals surface area (Å²) in [5.41, 5.74) is 1.13. The van der Waals surface area contributed by atoms with E-state index in [1.807, 2.05) is 19.9 Å². The van der Waals surface area contributed by atoms with Crippen LogP contribution >= 0.6 is 22.6 Å². The number of nitrogens with one attached hydrogen (secondary N) is 2. The first-order chi connectivity index (χ1) is 15.7. The summed E-state index contributed by atoms with van der Waals surface area (Å²) in [5.74, 6) is 0.443. The summed E-state index contributed by atoms with van der Waals surface area (Å²) in [6.07, 6.45) is 1.49. The summed E-state index contributed by atoms with van der Waals surface area (Å²) < 4.78 is 17.2. The van der Waals surface area contributed by atoms with Crippen molar-refractivity contribution in [3.8, 4) is 17.2 Å². The first-order valence-corrected chi connectivity index (χ1v) is 11.1. The molecule has 2 N–H and O–H groups in total. The van der Waals surface area contributed by atoms with Gasteiger partial charge in [-0.2, -0.15) is 0 Å². The van der Waals surface area contributed by atoms with E-state index >= 15 is 0 Å². The fourth-order valence-corrected chi connectivity index (χ4v) is 3.89. The van der Waals surface area contributed by atoms with Crippen molar-refractivity contribution in [3.05, 3.63) is 51.2 Å². The van der Waals surface area contributed by atoms with E-state index in [9.17, 15) is 14.4 Å². The number of halogens is 1. The first kappa shape index (κ1) is 24.4. The third-order valence-corrected chi connectivity index (χ3v) is 5.36. The molecule has 0 aliphatic carbocycles. The highest BCUT2D eigenvalue weighted by Gasteiger charge is 2.35. The van der Waals surface area contributed by atoms with Crippen LogP contribution in [0.5, 0.6) is 17.2 Å². The van der Waals surface area contributed by atoms with Gasteiger partial charge in [0.15, 0.2) is 11.5 Å². The van der Waals surface area contributed by atoms with Crippen LogP contribution in [-0.2, 0) is 9.59 Å². The lowest BCUT2D eigenvalue weighted by Crippen LogP contribution is -2.38. The van der Waals surface area contributed by atoms with E-state index in [-0.39, 0.29) is 11.8 Å². The number of benzene rings is 2. The van der Waals surface area contributed by atoms with Crippen molar-refractivity contribution < 1.29 is 28.6 Å². The molecule has 0 atom stereocenters. The lowest BCUT2D eigenvalue weighted by Gasteiger charge is -2.16. The maximum atomic E-state index is 12.8. The summed E-state index contributed by atoms with van der Waals surface area (Å²) in [6.45, 7) is 3.38. The molecule has 33 heavy (non-hydrogen) atoms. The number of carbonyl (C=O) groups excluding carboxylic acids is 3. The van der Waals surface area contributed by atoms with Crippen molar-refractivity contribution in [2.24, 2.45) is 0 Å². The number of rotatable bonds is 8. The van der Waals surface area contributed by atoms with Crippen molar-refractivity contribution in [1.82, 2.24) is 10.2 Å². The summed E-state index contributed by atoms with van der Waals surface area (Å²) >= 11 is 2.12. The minimum Gasteiger partial charge on any atom is -0.495 e. The molecule has 0 aromatic heterocycles. The van der Waals surface area contributed by atoms with E-state index in [2.05, 4.69) is 33.2 Å². The van der Waals surface area contributed by atoms with Gasteiger partial charge in [-0.3, -0.25) is 9.59 Å². The van der Waals surface area contributed by atoms with Crippen LogP contribution in [0.3, 0.4) is 0 Å². The van der Waals surface area contributed by atoms with Gasteiger partial charge in [0, 0.05) is 0 Å². The lowest BCUT2D eigenvalue weighted by molar-refractivity contribution is -0.127. The molecule has 2 aromatic carbocycles. The number of hydrogen-bond acceptors (Lipinski definition) is 6. The number of anilines is 1. The molecule has 0 radical (unpaired) electrons. The summed E-state index contributed by atoms with van der Waals surface area (Å²) in [5, 5.41) is 5.17. The molecule has 9 nitrogen and oxygen atoms in total. The van der Waals surface area contributed by atoms with Crippen LogP contribution in [0, 0.1) is 3.57 Å². The highest BCUT2D eigenvalue weighted by Crippen LogP contribution is 2.35. The van der Waals surface area contributed by atoms with Gasteiger partial charge in [-0.15, -0.1) is 0 Å². The van der Waals surface area contributed by atoms with E-state index in [1.54, 1.807) is 30.3 Å². The minimum absolute atomic E-state index is 0.0390. The number of imide groups is 1. The molecule has 1 aliphatic heterocycles. The zero-order valence-corrected chi connectivity index (χ0v) is 20.8. The predicted molar refractivity (Wildman–Crippen MR) is 131 cm³/mol. The van der Waals surface area contributed by atoms with Gasteiger partial charge in [0.1, 0.15) is 18.0 Å². The molecular formula is C23H24IN3O6. The lowest BCUT2D eigenvalue weighted by atomic mass is 10.1. The Labute approximate surface area is 205 Å². The molecule has 1 heterocycles. The monoisotopic (exact) mass is 565 g/mol. The number of methoxy groups -OCH3 is 2. The van der Waals surface area contributed by atoms with Gasteiger partial charge in [-0.25, -0.2) is 9.69 Å². The first-order valence-electron chi connectivity index (χ1n) is 10.0. The standard InChI is InChI=1S/C23H24IN3O6/c1-13(2)33-21-15(24)9-14(11-19(21)32-4)10-17-22(29)27(23(30)26-17)12-20(28)25-16-7-5-6-8-18(16)31-3/h5-11,13H,12H2,1-4H3,(H,25,28)(H,26,30)/b17-10+. The Morgan fingerprint density at radius 3 is 2.52 bits per heavy atom. The van der Waals surface area contributed by atoms with Crippen LogP contribution in [0.1, 0.15) is 19.4 Å². The third kappa shape index (κ3) is 5.75. The Morgan fingerprint density at radius 2 is 1.85 bits per heavy atom. The SMILES string of the molecule is COc1ccccc1NC(=O)CN1C(=O)N/C(=C/c2cc(I)c(OC(C)C)c(OC)c2)C1=O. The van der Waals surface area contributed by atoms with E-state index < -0.39 is 24.4 Å². The number of para-hydroxylation sites is 2. The average Bonchev–Trinajstić information content (AvgIpc) is 3.02. The second kappa shape index (κ2) is 10.6. The predicted octanol–water partition coefficient (Wildman–Crippen LogP) is 3.63. The van der Waals surface area contributed by atoms with Crippen LogP contribution in [0.4, 0.5) is 10.5 Å². The van der Waals surface area contributed by atoms with E-state index in [0.717, 1.165) is 8.47 Å². The smallest absolute Gasteiger partial charge is 0.329 e. The second-order valence-electron chi connectivity index (χ2n) is 7.33. The summed E-state index contributed by atoms with van der Waals surface area (Å²) in [7, 11) is 3.01. The summed E-state index contributed by atoms with van der Waals surface area (Å²) in [6, 6.07) is 9.70. The zero-order chi connectivity index (χ0) is 24.1. The molecule has 1 saturated heterocycles. The van der Waals surface area contributed by atoms with Gasteiger partial charge < -0.3 is 24.8 Å². The molecule has 3 rings (SSSR count). The van der Waals surface area contributed by atoms with Gasteiger partial charge in [0.2, 0.25) is 5.91 Å². The van der Waals surface area contributed by atoms with E-state index in [0.29, 0.717) is 28.5 Å².